The van der Waals surface area contributed by atoms with Crippen LogP contribution >= 0.6 is 23.5 Å². The Bertz CT molecular complexity index is 1000. The number of rotatable bonds is 5. The van der Waals surface area contributed by atoms with Crippen LogP contribution < -0.4 is 0 Å². The van der Waals surface area contributed by atoms with Gasteiger partial charge in [0.2, 0.25) is 5.89 Å². The fourth-order valence-electron chi connectivity index (χ4n) is 2.67. The molecule has 0 atom stereocenters. The lowest BCUT2D eigenvalue weighted by Crippen LogP contribution is -1.80. The molecular weight excluding hydrogens is 382 g/mol. The highest BCUT2D eigenvalue weighted by molar-refractivity contribution is 8.02. The van der Waals surface area contributed by atoms with Crippen molar-refractivity contribution in [3.8, 4) is 11.5 Å². The Morgan fingerprint density at radius 3 is 1.61 bits per heavy atom. The summed E-state index contributed by atoms with van der Waals surface area (Å²) in [5, 5.41) is 1.72. The number of benzene rings is 3. The van der Waals surface area contributed by atoms with Crippen molar-refractivity contribution in [2.45, 2.75) is 40.7 Å². The molecule has 0 bridgehead atoms. The lowest BCUT2D eigenvalue weighted by Gasteiger charge is -2.02. The second-order valence-corrected chi connectivity index (χ2v) is 8.92. The summed E-state index contributed by atoms with van der Waals surface area (Å²) in [7, 11) is 0. The number of aromatic nitrogens is 1. The summed E-state index contributed by atoms with van der Waals surface area (Å²) in [6, 6.07) is 25.2. The number of hydrogen-bond donors (Lipinski definition) is 0. The average Bonchev–Trinajstić information content (AvgIpc) is 3.08. The van der Waals surface area contributed by atoms with Crippen molar-refractivity contribution in [2.75, 3.05) is 0 Å². The van der Waals surface area contributed by atoms with E-state index in [1.165, 1.54) is 16.7 Å². The smallest absolute Gasteiger partial charge is 0.228 e. The number of aryl methyl sites for hydroxylation is 3. The van der Waals surface area contributed by atoms with Gasteiger partial charge in [0.25, 0.3) is 0 Å². The van der Waals surface area contributed by atoms with Gasteiger partial charge in [0, 0.05) is 15.4 Å². The van der Waals surface area contributed by atoms with Gasteiger partial charge in [0.05, 0.1) is 0 Å². The van der Waals surface area contributed by atoms with E-state index in [9.17, 15) is 0 Å². The molecule has 0 saturated carbocycles. The zero-order valence-electron chi connectivity index (χ0n) is 16.1. The van der Waals surface area contributed by atoms with Crippen LogP contribution in [0.3, 0.4) is 0 Å². The summed E-state index contributed by atoms with van der Waals surface area (Å²) in [5.74, 6) is 0.657. The summed E-state index contributed by atoms with van der Waals surface area (Å²) < 4.78 is 6.20. The van der Waals surface area contributed by atoms with Crippen LogP contribution in [0.2, 0.25) is 0 Å². The Hall–Kier alpha value is -2.43. The molecule has 0 aliphatic heterocycles. The first-order valence-electron chi connectivity index (χ1n) is 9.14. The van der Waals surface area contributed by atoms with Gasteiger partial charge in [-0.1, -0.05) is 64.9 Å². The zero-order valence-corrected chi connectivity index (χ0v) is 17.7. The fourth-order valence-corrected chi connectivity index (χ4v) is 4.41. The standard InChI is InChI=1S/C24H21NOS2/c1-16-4-10-19(11-5-16)22-25-23(27-20-12-6-17(2)7-13-20)24(26-22)28-21-14-8-18(3)9-15-21/h4-15H,1-3H3. The molecule has 4 aromatic rings. The predicted octanol–water partition coefficient (Wildman–Crippen LogP) is 7.57. The summed E-state index contributed by atoms with van der Waals surface area (Å²) in [6.45, 7) is 6.27. The van der Waals surface area contributed by atoms with E-state index in [0.717, 1.165) is 25.5 Å². The van der Waals surface area contributed by atoms with E-state index in [1.54, 1.807) is 23.5 Å². The second kappa shape index (κ2) is 8.29. The Labute approximate surface area is 174 Å². The Morgan fingerprint density at radius 2 is 1.07 bits per heavy atom. The van der Waals surface area contributed by atoms with Gasteiger partial charge >= 0.3 is 0 Å². The highest BCUT2D eigenvalue weighted by atomic mass is 32.2. The molecule has 0 saturated heterocycles. The Balaban J connectivity index is 1.69. The van der Waals surface area contributed by atoms with Gasteiger partial charge in [-0.05, 0) is 68.9 Å². The minimum atomic E-state index is 0.657. The Kier molecular flexibility index (Phi) is 5.60. The SMILES string of the molecule is Cc1ccc(Sc2nc(-c3ccc(C)cc3)oc2Sc2ccc(C)cc2)cc1. The maximum atomic E-state index is 6.20. The monoisotopic (exact) mass is 403 g/mol. The molecule has 4 heteroatoms. The molecule has 3 aromatic carbocycles. The van der Waals surface area contributed by atoms with E-state index in [2.05, 4.69) is 93.6 Å². The molecule has 1 aromatic heterocycles. The van der Waals surface area contributed by atoms with Crippen LogP contribution in [0.5, 0.6) is 0 Å². The second-order valence-electron chi connectivity index (χ2n) is 6.81. The third-order valence-electron chi connectivity index (χ3n) is 4.33. The van der Waals surface area contributed by atoms with Crippen molar-refractivity contribution in [3.63, 3.8) is 0 Å². The van der Waals surface area contributed by atoms with E-state index in [1.807, 2.05) is 0 Å². The first kappa shape index (κ1) is 18.9. The molecule has 28 heavy (non-hydrogen) atoms. The van der Waals surface area contributed by atoms with Gasteiger partial charge in [0.1, 0.15) is 0 Å². The van der Waals surface area contributed by atoms with Crippen molar-refractivity contribution in [3.05, 3.63) is 89.5 Å². The van der Waals surface area contributed by atoms with Crippen LogP contribution in [0, 0.1) is 20.8 Å². The third-order valence-corrected chi connectivity index (χ3v) is 6.41. The summed E-state index contributed by atoms with van der Waals surface area (Å²) in [5.41, 5.74) is 4.71. The van der Waals surface area contributed by atoms with Gasteiger partial charge in [-0.25, -0.2) is 4.98 Å². The highest BCUT2D eigenvalue weighted by Crippen LogP contribution is 2.41. The largest absolute Gasteiger partial charge is 0.428 e. The molecule has 140 valence electrons. The van der Waals surface area contributed by atoms with Crippen LogP contribution in [0.4, 0.5) is 0 Å². The fraction of sp³-hybridized carbons (Fsp3) is 0.125. The number of nitrogens with zero attached hydrogens (tertiary/aromatic N) is 1. The molecule has 4 rings (SSSR count). The quantitative estimate of drug-likeness (QED) is 0.343. The van der Waals surface area contributed by atoms with Crippen molar-refractivity contribution in [1.82, 2.24) is 4.98 Å². The van der Waals surface area contributed by atoms with Gasteiger partial charge in [-0.3, -0.25) is 0 Å². The molecule has 0 aliphatic rings. The zero-order chi connectivity index (χ0) is 19.5. The maximum Gasteiger partial charge on any atom is 0.228 e. The van der Waals surface area contributed by atoms with E-state index in [4.69, 9.17) is 9.40 Å². The third kappa shape index (κ3) is 4.51. The van der Waals surface area contributed by atoms with Crippen molar-refractivity contribution >= 4 is 23.5 Å². The molecule has 0 radical (unpaired) electrons. The first-order valence-corrected chi connectivity index (χ1v) is 10.8. The molecule has 0 unspecified atom stereocenters. The molecule has 0 spiro atoms. The van der Waals surface area contributed by atoms with E-state index >= 15 is 0 Å². The summed E-state index contributed by atoms with van der Waals surface area (Å²) in [6.07, 6.45) is 0. The lowest BCUT2D eigenvalue weighted by atomic mass is 10.1. The summed E-state index contributed by atoms with van der Waals surface area (Å²) in [4.78, 5) is 7.11. The predicted molar refractivity (Wildman–Crippen MR) is 117 cm³/mol. The van der Waals surface area contributed by atoms with Gasteiger partial charge < -0.3 is 4.42 Å². The summed E-state index contributed by atoms with van der Waals surface area (Å²) >= 11 is 3.25. The minimum absolute atomic E-state index is 0.657. The van der Waals surface area contributed by atoms with E-state index in [-0.39, 0.29) is 0 Å². The van der Waals surface area contributed by atoms with Gasteiger partial charge in [0.15, 0.2) is 10.1 Å². The van der Waals surface area contributed by atoms with E-state index in [0.29, 0.717) is 5.89 Å². The van der Waals surface area contributed by atoms with Gasteiger partial charge in [-0.15, -0.1) is 0 Å². The molecule has 0 amide bonds. The Morgan fingerprint density at radius 1 is 0.607 bits per heavy atom. The molecule has 2 nitrogen and oxygen atoms in total. The minimum Gasteiger partial charge on any atom is -0.428 e. The average molecular weight is 404 g/mol. The first-order chi connectivity index (χ1) is 13.6. The van der Waals surface area contributed by atoms with Crippen molar-refractivity contribution < 1.29 is 4.42 Å². The van der Waals surface area contributed by atoms with E-state index < -0.39 is 0 Å². The normalized spacial score (nSPS) is 11.0. The highest BCUT2D eigenvalue weighted by Gasteiger charge is 2.17. The molecule has 0 N–H and O–H groups in total. The molecule has 1 heterocycles. The molecular formula is C24H21NOS2. The van der Waals surface area contributed by atoms with Crippen LogP contribution in [-0.4, -0.2) is 4.98 Å². The maximum absolute atomic E-state index is 6.20. The molecule has 0 aliphatic carbocycles. The van der Waals surface area contributed by atoms with Gasteiger partial charge in [-0.2, -0.15) is 0 Å². The van der Waals surface area contributed by atoms with Crippen LogP contribution in [0.15, 0.2) is 97.1 Å². The van der Waals surface area contributed by atoms with Crippen molar-refractivity contribution in [1.29, 1.82) is 0 Å². The van der Waals surface area contributed by atoms with Crippen LogP contribution in [0.25, 0.3) is 11.5 Å². The van der Waals surface area contributed by atoms with Crippen LogP contribution in [-0.2, 0) is 0 Å². The number of hydrogen-bond acceptors (Lipinski definition) is 4. The molecule has 0 fully saturated rings. The lowest BCUT2D eigenvalue weighted by molar-refractivity contribution is 0.474. The number of oxazole rings is 1. The topological polar surface area (TPSA) is 26.0 Å². The van der Waals surface area contributed by atoms with Crippen LogP contribution in [0.1, 0.15) is 16.7 Å². The van der Waals surface area contributed by atoms with Crippen molar-refractivity contribution in [2.24, 2.45) is 0 Å².